The summed E-state index contributed by atoms with van der Waals surface area (Å²) in [6.45, 7) is 11.4. The van der Waals surface area contributed by atoms with Gasteiger partial charge in [0.15, 0.2) is 6.29 Å². The Morgan fingerprint density at radius 2 is 1.77 bits per heavy atom. The molecule has 6 heteroatoms. The highest BCUT2D eigenvalue weighted by Crippen LogP contribution is 2.64. The van der Waals surface area contributed by atoms with Gasteiger partial charge in [-0.05, 0) is 75.0 Å². The van der Waals surface area contributed by atoms with Gasteiger partial charge in [-0.15, -0.1) is 0 Å². The predicted molar refractivity (Wildman–Crippen MR) is 119 cm³/mol. The molecule has 3 rings (SSSR count). The van der Waals surface area contributed by atoms with Gasteiger partial charge >= 0.3 is 0 Å². The summed E-state index contributed by atoms with van der Waals surface area (Å²) < 4.78 is 12.2. The van der Waals surface area contributed by atoms with Gasteiger partial charge in [-0.2, -0.15) is 0 Å². The van der Waals surface area contributed by atoms with E-state index in [1.165, 1.54) is 18.4 Å². The van der Waals surface area contributed by atoms with Crippen molar-refractivity contribution < 1.29 is 29.9 Å². The van der Waals surface area contributed by atoms with Gasteiger partial charge in [-0.3, -0.25) is 0 Å². The van der Waals surface area contributed by atoms with Crippen molar-refractivity contribution in [2.45, 2.75) is 110 Å². The zero-order valence-electron chi connectivity index (χ0n) is 20.0. The van der Waals surface area contributed by atoms with Crippen LogP contribution >= 0.6 is 0 Å². The van der Waals surface area contributed by atoms with Gasteiger partial charge in [0.05, 0.1) is 18.8 Å². The number of hydrogen-bond donors (Lipinski definition) is 4. The van der Waals surface area contributed by atoms with Crippen molar-refractivity contribution in [1.82, 2.24) is 0 Å². The number of fused-ring (bicyclic) bond motifs is 1. The highest BCUT2D eigenvalue weighted by molar-refractivity contribution is 5.10. The average molecular weight is 441 g/mol. The first kappa shape index (κ1) is 25.1. The van der Waals surface area contributed by atoms with Crippen LogP contribution in [0.5, 0.6) is 0 Å². The third-order valence-electron chi connectivity index (χ3n) is 8.85. The zero-order chi connectivity index (χ0) is 23.0. The van der Waals surface area contributed by atoms with Crippen LogP contribution in [0, 0.1) is 22.7 Å². The van der Waals surface area contributed by atoms with E-state index in [4.69, 9.17) is 9.47 Å². The van der Waals surface area contributed by atoms with Crippen LogP contribution in [0.1, 0.15) is 79.6 Å². The first-order chi connectivity index (χ1) is 14.4. The van der Waals surface area contributed by atoms with Gasteiger partial charge in [-0.25, -0.2) is 0 Å². The zero-order valence-corrected chi connectivity index (χ0v) is 20.0. The standard InChI is InChI=1S/C25H44O6/c1-16(10-14-26)7-8-19-24(4)12-6-11-23(2,3)18(24)9-13-25(19,5)31-22-21(29)20(28)17(27)15-30-22/h10,17-22,26-29H,6-9,11-15H2,1-5H3. The number of allylic oxidation sites excluding steroid dienone is 1. The normalized spacial score (nSPS) is 45.9. The van der Waals surface area contributed by atoms with Crippen molar-refractivity contribution in [2.75, 3.05) is 13.2 Å². The van der Waals surface area contributed by atoms with Gasteiger partial charge in [0, 0.05) is 0 Å². The van der Waals surface area contributed by atoms with E-state index in [-0.39, 0.29) is 30.0 Å². The minimum Gasteiger partial charge on any atom is -0.392 e. The number of hydrogen-bond acceptors (Lipinski definition) is 6. The maximum Gasteiger partial charge on any atom is 0.186 e. The molecule has 0 aromatic rings. The second kappa shape index (κ2) is 9.40. The molecule has 8 unspecified atom stereocenters. The van der Waals surface area contributed by atoms with E-state index < -0.39 is 30.2 Å². The van der Waals surface area contributed by atoms with Crippen LogP contribution in [-0.2, 0) is 9.47 Å². The van der Waals surface area contributed by atoms with Crippen LogP contribution in [0.15, 0.2) is 11.6 Å². The molecule has 2 aliphatic carbocycles. The molecule has 0 radical (unpaired) electrons. The molecule has 0 aromatic carbocycles. The molecule has 0 spiro atoms. The summed E-state index contributed by atoms with van der Waals surface area (Å²) in [5.41, 5.74) is 1.06. The topological polar surface area (TPSA) is 99.4 Å². The van der Waals surface area contributed by atoms with Gasteiger partial charge in [0.1, 0.15) is 18.3 Å². The molecule has 0 amide bonds. The first-order valence-corrected chi connectivity index (χ1v) is 12.0. The highest BCUT2D eigenvalue weighted by Gasteiger charge is 2.59. The molecule has 4 N–H and O–H groups in total. The van der Waals surface area contributed by atoms with Crippen LogP contribution in [-0.4, -0.2) is 63.8 Å². The van der Waals surface area contributed by atoms with E-state index in [2.05, 4.69) is 34.6 Å². The van der Waals surface area contributed by atoms with Crippen molar-refractivity contribution in [2.24, 2.45) is 22.7 Å². The summed E-state index contributed by atoms with van der Waals surface area (Å²) in [5.74, 6) is 0.849. The van der Waals surface area contributed by atoms with E-state index in [9.17, 15) is 20.4 Å². The lowest BCUT2D eigenvalue weighted by atomic mass is 9.45. The Labute approximate surface area is 187 Å². The largest absolute Gasteiger partial charge is 0.392 e. The Balaban J connectivity index is 1.89. The first-order valence-electron chi connectivity index (χ1n) is 12.0. The molecule has 0 aromatic heterocycles. The molecule has 6 nitrogen and oxygen atoms in total. The van der Waals surface area contributed by atoms with Crippen LogP contribution in [0.4, 0.5) is 0 Å². The number of aliphatic hydroxyl groups is 4. The lowest BCUT2D eigenvalue weighted by Gasteiger charge is -2.63. The van der Waals surface area contributed by atoms with Gasteiger partial charge in [0.25, 0.3) is 0 Å². The monoisotopic (exact) mass is 440 g/mol. The molecule has 3 aliphatic rings. The van der Waals surface area contributed by atoms with E-state index >= 15 is 0 Å². The second-order valence-electron chi connectivity index (χ2n) is 11.4. The molecule has 2 saturated carbocycles. The van der Waals surface area contributed by atoms with Crippen LogP contribution < -0.4 is 0 Å². The van der Waals surface area contributed by atoms with Crippen molar-refractivity contribution >= 4 is 0 Å². The molecule has 180 valence electrons. The molecular formula is C25H44O6. The Morgan fingerprint density at radius 1 is 1.06 bits per heavy atom. The molecule has 1 saturated heterocycles. The number of aliphatic hydroxyl groups excluding tert-OH is 4. The Bertz CT molecular complexity index is 648. The van der Waals surface area contributed by atoms with E-state index in [0.717, 1.165) is 32.1 Å². The fourth-order valence-corrected chi connectivity index (χ4v) is 7.16. The Morgan fingerprint density at radius 3 is 2.45 bits per heavy atom. The van der Waals surface area contributed by atoms with E-state index in [1.807, 2.05) is 6.08 Å². The summed E-state index contributed by atoms with van der Waals surface area (Å²) in [4.78, 5) is 0. The maximum absolute atomic E-state index is 10.5. The van der Waals surface area contributed by atoms with Gasteiger partial charge in [-0.1, -0.05) is 38.8 Å². The molecule has 0 bridgehead atoms. The van der Waals surface area contributed by atoms with Crippen LogP contribution in [0.2, 0.25) is 0 Å². The third-order valence-corrected chi connectivity index (χ3v) is 8.85. The summed E-state index contributed by atoms with van der Waals surface area (Å²) in [6, 6.07) is 0. The van der Waals surface area contributed by atoms with Gasteiger partial charge < -0.3 is 29.9 Å². The molecular weight excluding hydrogens is 396 g/mol. The van der Waals surface area contributed by atoms with E-state index in [1.54, 1.807) is 0 Å². The fourth-order valence-electron chi connectivity index (χ4n) is 7.16. The van der Waals surface area contributed by atoms with Crippen LogP contribution in [0.3, 0.4) is 0 Å². The highest BCUT2D eigenvalue weighted by atomic mass is 16.7. The minimum absolute atomic E-state index is 0.0467. The molecule has 1 aliphatic heterocycles. The van der Waals surface area contributed by atoms with Crippen molar-refractivity contribution in [3.05, 3.63) is 11.6 Å². The van der Waals surface area contributed by atoms with Crippen LogP contribution in [0.25, 0.3) is 0 Å². The number of rotatable bonds is 6. The summed E-state index contributed by atoms with van der Waals surface area (Å²) in [7, 11) is 0. The minimum atomic E-state index is -1.27. The Hall–Kier alpha value is -0.500. The van der Waals surface area contributed by atoms with Crippen molar-refractivity contribution in [3.8, 4) is 0 Å². The average Bonchev–Trinajstić information content (AvgIpc) is 2.67. The SMILES string of the molecule is CC(=CCO)CCC1C(C)(OC2OCC(O)C(O)C2O)CCC2C(C)(C)CCCC21C. The molecule has 3 fully saturated rings. The number of ether oxygens (including phenoxy) is 2. The van der Waals surface area contributed by atoms with E-state index in [0.29, 0.717) is 5.92 Å². The summed E-state index contributed by atoms with van der Waals surface area (Å²) >= 11 is 0. The van der Waals surface area contributed by atoms with Crippen molar-refractivity contribution in [3.63, 3.8) is 0 Å². The summed E-state index contributed by atoms with van der Waals surface area (Å²) in [6.07, 6.45) is 4.65. The predicted octanol–water partition coefficient (Wildman–Crippen LogP) is 3.16. The smallest absolute Gasteiger partial charge is 0.186 e. The molecule has 1 heterocycles. The Kier molecular flexibility index (Phi) is 7.62. The van der Waals surface area contributed by atoms with Gasteiger partial charge in [0.2, 0.25) is 0 Å². The fraction of sp³-hybridized carbons (Fsp3) is 0.920. The molecule has 8 atom stereocenters. The third kappa shape index (κ3) is 4.90. The lowest BCUT2D eigenvalue weighted by molar-refractivity contribution is -0.323. The quantitative estimate of drug-likeness (QED) is 0.374. The second-order valence-corrected chi connectivity index (χ2v) is 11.4. The maximum atomic E-state index is 10.5. The lowest BCUT2D eigenvalue weighted by Crippen LogP contribution is -2.62. The summed E-state index contributed by atoms with van der Waals surface area (Å²) in [5, 5.41) is 39.8. The van der Waals surface area contributed by atoms with Crippen molar-refractivity contribution in [1.29, 1.82) is 0 Å². The molecule has 31 heavy (non-hydrogen) atoms.